The van der Waals surface area contributed by atoms with Gasteiger partial charge in [-0.25, -0.2) is 0 Å². The summed E-state index contributed by atoms with van der Waals surface area (Å²) in [5, 5.41) is 2.88. The van der Waals surface area contributed by atoms with Crippen molar-refractivity contribution in [3.05, 3.63) is 24.3 Å². The van der Waals surface area contributed by atoms with Crippen molar-refractivity contribution in [2.24, 2.45) is 5.92 Å². The van der Waals surface area contributed by atoms with Crippen LogP contribution in [-0.4, -0.2) is 62.6 Å². The number of rotatable bonds is 5. The summed E-state index contributed by atoms with van der Waals surface area (Å²) in [6.07, 6.45) is 2.69. The third kappa shape index (κ3) is 4.31. The Labute approximate surface area is 160 Å². The molecule has 0 spiro atoms. The molecule has 2 heterocycles. The molecule has 2 fully saturated rings. The van der Waals surface area contributed by atoms with E-state index in [-0.39, 0.29) is 18.4 Å². The van der Waals surface area contributed by atoms with Crippen molar-refractivity contribution in [3.8, 4) is 0 Å². The normalized spacial score (nSPS) is 21.7. The largest absolute Gasteiger partial charge is 0.326 e. The van der Waals surface area contributed by atoms with E-state index in [1.807, 2.05) is 6.07 Å². The molecule has 1 aromatic carbocycles. The van der Waals surface area contributed by atoms with Gasteiger partial charge >= 0.3 is 0 Å². The average Bonchev–Trinajstić information content (AvgIpc) is 3.08. The zero-order chi connectivity index (χ0) is 19.6. The molecule has 0 aromatic heterocycles. The van der Waals surface area contributed by atoms with Crippen LogP contribution in [-0.2, 0) is 19.8 Å². The van der Waals surface area contributed by atoms with Crippen molar-refractivity contribution in [1.82, 2.24) is 8.61 Å². The van der Waals surface area contributed by atoms with Crippen LogP contribution >= 0.6 is 0 Å². The number of carbonyl (C=O) groups excluding carboxylic acids is 2. The summed E-state index contributed by atoms with van der Waals surface area (Å²) in [6, 6.07) is 7.22. The second kappa shape index (κ2) is 7.95. The van der Waals surface area contributed by atoms with E-state index in [2.05, 4.69) is 5.32 Å². The highest BCUT2D eigenvalue weighted by Crippen LogP contribution is 2.26. The first kappa shape index (κ1) is 19.8. The first-order valence-corrected chi connectivity index (χ1v) is 10.6. The molecule has 2 saturated heterocycles. The van der Waals surface area contributed by atoms with Gasteiger partial charge in [-0.15, -0.1) is 0 Å². The van der Waals surface area contributed by atoms with Gasteiger partial charge in [0.1, 0.15) is 0 Å². The molecule has 27 heavy (non-hydrogen) atoms. The summed E-state index contributed by atoms with van der Waals surface area (Å²) in [5.74, 6) is -0.501. The highest BCUT2D eigenvalue weighted by atomic mass is 32.2. The summed E-state index contributed by atoms with van der Waals surface area (Å²) in [4.78, 5) is 26.3. The zero-order valence-corrected chi connectivity index (χ0v) is 16.5. The van der Waals surface area contributed by atoms with Crippen LogP contribution in [0.15, 0.2) is 24.3 Å². The Balaban J connectivity index is 1.67. The van der Waals surface area contributed by atoms with Crippen molar-refractivity contribution in [1.29, 1.82) is 0 Å². The van der Waals surface area contributed by atoms with Crippen LogP contribution in [0.2, 0.25) is 0 Å². The summed E-state index contributed by atoms with van der Waals surface area (Å²) < 4.78 is 27.2. The number of anilines is 2. The number of hydrogen-bond donors (Lipinski definition) is 1. The van der Waals surface area contributed by atoms with Gasteiger partial charge in [-0.2, -0.15) is 17.0 Å². The average molecular weight is 394 g/mol. The Morgan fingerprint density at radius 3 is 2.67 bits per heavy atom. The smallest absolute Gasteiger partial charge is 0.281 e. The molecular weight excluding hydrogens is 368 g/mol. The van der Waals surface area contributed by atoms with Gasteiger partial charge in [-0.1, -0.05) is 6.07 Å². The number of amides is 2. The number of carbonyl (C=O) groups is 2. The van der Waals surface area contributed by atoms with Crippen LogP contribution in [0.5, 0.6) is 0 Å². The standard InChI is InChI=1S/C18H26N4O4S/c1-20(2)27(25,26)21-10-4-6-14(13-21)18(24)19-15-7-3-8-16(12-15)22-11-5-9-17(22)23/h3,7-8,12,14H,4-6,9-11,13H2,1-2H3,(H,19,24)/t14-/m1/s1. The molecule has 9 heteroatoms. The molecule has 0 bridgehead atoms. The predicted molar refractivity (Wildman–Crippen MR) is 104 cm³/mol. The summed E-state index contributed by atoms with van der Waals surface area (Å²) >= 11 is 0. The van der Waals surface area contributed by atoms with Gasteiger partial charge in [0.2, 0.25) is 11.8 Å². The topological polar surface area (TPSA) is 90.0 Å². The number of nitrogens with one attached hydrogen (secondary N) is 1. The number of benzene rings is 1. The van der Waals surface area contributed by atoms with Crippen LogP contribution in [0.1, 0.15) is 25.7 Å². The van der Waals surface area contributed by atoms with E-state index in [9.17, 15) is 18.0 Å². The Bertz CT molecular complexity index is 824. The predicted octanol–water partition coefficient (Wildman–Crippen LogP) is 1.27. The molecule has 0 radical (unpaired) electrons. The van der Waals surface area contributed by atoms with E-state index >= 15 is 0 Å². The first-order chi connectivity index (χ1) is 12.8. The van der Waals surface area contributed by atoms with Gasteiger partial charge in [0.15, 0.2) is 0 Å². The van der Waals surface area contributed by atoms with Crippen LogP contribution in [0.25, 0.3) is 0 Å². The highest BCUT2D eigenvalue weighted by molar-refractivity contribution is 7.86. The number of hydrogen-bond acceptors (Lipinski definition) is 4. The summed E-state index contributed by atoms with van der Waals surface area (Å²) in [7, 11) is -0.540. The van der Waals surface area contributed by atoms with Gasteiger partial charge < -0.3 is 10.2 Å². The zero-order valence-electron chi connectivity index (χ0n) is 15.7. The van der Waals surface area contributed by atoms with E-state index in [4.69, 9.17) is 0 Å². The lowest BCUT2D eigenvalue weighted by atomic mass is 9.98. The minimum Gasteiger partial charge on any atom is -0.326 e. The van der Waals surface area contributed by atoms with Crippen molar-refractivity contribution in [2.45, 2.75) is 25.7 Å². The third-order valence-electron chi connectivity index (χ3n) is 5.04. The maximum Gasteiger partial charge on any atom is 0.281 e. The highest BCUT2D eigenvalue weighted by Gasteiger charge is 2.33. The minimum absolute atomic E-state index is 0.0929. The molecule has 8 nitrogen and oxygen atoms in total. The maximum atomic E-state index is 12.7. The second-order valence-electron chi connectivity index (χ2n) is 7.18. The fourth-order valence-corrected chi connectivity index (χ4v) is 4.70. The molecule has 1 aromatic rings. The van der Waals surface area contributed by atoms with Gasteiger partial charge in [-0.05, 0) is 37.5 Å². The molecule has 1 atom stereocenters. The Kier molecular flexibility index (Phi) is 5.83. The van der Waals surface area contributed by atoms with Crippen LogP contribution in [0.3, 0.4) is 0 Å². The lowest BCUT2D eigenvalue weighted by molar-refractivity contribution is -0.121. The third-order valence-corrected chi connectivity index (χ3v) is 6.95. The van der Waals surface area contributed by atoms with E-state index in [1.54, 1.807) is 23.1 Å². The first-order valence-electron chi connectivity index (χ1n) is 9.18. The maximum absolute atomic E-state index is 12.7. The molecule has 1 N–H and O–H groups in total. The lowest BCUT2D eigenvalue weighted by Gasteiger charge is -2.32. The van der Waals surface area contributed by atoms with E-state index in [1.165, 1.54) is 22.7 Å². The fourth-order valence-electron chi connectivity index (χ4n) is 3.51. The number of nitrogens with zero attached hydrogens (tertiary/aromatic N) is 3. The molecule has 2 aliphatic heterocycles. The molecular formula is C18H26N4O4S. The van der Waals surface area contributed by atoms with Crippen LogP contribution < -0.4 is 10.2 Å². The quantitative estimate of drug-likeness (QED) is 0.814. The van der Waals surface area contributed by atoms with Gasteiger partial charge in [0.25, 0.3) is 10.2 Å². The van der Waals surface area contributed by atoms with Crippen LogP contribution in [0.4, 0.5) is 11.4 Å². The van der Waals surface area contributed by atoms with Crippen molar-refractivity contribution in [3.63, 3.8) is 0 Å². The molecule has 2 aliphatic rings. The van der Waals surface area contributed by atoms with Crippen molar-refractivity contribution >= 4 is 33.4 Å². The molecule has 0 unspecified atom stereocenters. The lowest BCUT2D eigenvalue weighted by Crippen LogP contribution is -2.47. The van der Waals surface area contributed by atoms with Crippen LogP contribution in [0, 0.1) is 5.92 Å². The Morgan fingerprint density at radius 1 is 1.22 bits per heavy atom. The van der Waals surface area contributed by atoms with Gasteiger partial charge in [-0.3, -0.25) is 9.59 Å². The molecule has 3 rings (SSSR count). The van der Waals surface area contributed by atoms with E-state index < -0.39 is 16.1 Å². The fraction of sp³-hybridized carbons (Fsp3) is 0.556. The monoisotopic (exact) mass is 394 g/mol. The molecule has 0 saturated carbocycles. The summed E-state index contributed by atoms with van der Waals surface area (Å²) in [6.45, 7) is 1.30. The molecule has 2 amide bonds. The summed E-state index contributed by atoms with van der Waals surface area (Å²) in [5.41, 5.74) is 1.39. The van der Waals surface area contributed by atoms with Gasteiger partial charge in [0, 0.05) is 51.5 Å². The Hall–Kier alpha value is -1.97. The van der Waals surface area contributed by atoms with E-state index in [0.29, 0.717) is 38.0 Å². The van der Waals surface area contributed by atoms with Crippen molar-refractivity contribution in [2.75, 3.05) is 43.9 Å². The van der Waals surface area contributed by atoms with Gasteiger partial charge in [0.05, 0.1) is 5.92 Å². The number of piperidine rings is 1. The Morgan fingerprint density at radius 2 is 2.00 bits per heavy atom. The molecule has 148 valence electrons. The van der Waals surface area contributed by atoms with Crippen molar-refractivity contribution < 1.29 is 18.0 Å². The molecule has 0 aliphatic carbocycles. The second-order valence-corrected chi connectivity index (χ2v) is 9.32. The minimum atomic E-state index is -3.52. The SMILES string of the molecule is CN(C)S(=O)(=O)N1CCC[C@@H](C(=O)Nc2cccc(N3CCCC3=O)c2)C1. The van der Waals surface area contributed by atoms with E-state index in [0.717, 1.165) is 12.1 Å².